The van der Waals surface area contributed by atoms with Gasteiger partial charge in [-0.25, -0.2) is 0 Å². The lowest BCUT2D eigenvalue weighted by Crippen LogP contribution is -2.42. The number of para-hydroxylation sites is 6. The van der Waals surface area contributed by atoms with Crippen LogP contribution in [0, 0.1) is 35.5 Å². The van der Waals surface area contributed by atoms with E-state index in [-0.39, 0.29) is 10.8 Å². The van der Waals surface area contributed by atoms with Crippen LogP contribution in [-0.2, 0) is 10.8 Å². The van der Waals surface area contributed by atoms with E-state index in [9.17, 15) is 0 Å². The van der Waals surface area contributed by atoms with Crippen molar-refractivity contribution in [2.45, 2.75) is 93.9 Å². The summed E-state index contributed by atoms with van der Waals surface area (Å²) in [5.41, 5.74) is 19.1. The van der Waals surface area contributed by atoms with E-state index in [1.165, 1.54) is 98.4 Å². The van der Waals surface area contributed by atoms with Gasteiger partial charge >= 0.3 is 0 Å². The molecule has 0 saturated heterocycles. The minimum absolute atomic E-state index is 0.000395. The quantitative estimate of drug-likeness (QED) is 0.110. The van der Waals surface area contributed by atoms with Gasteiger partial charge in [-0.2, -0.15) is 0 Å². The van der Waals surface area contributed by atoms with Gasteiger partial charge in [0.1, 0.15) is 0 Å². The van der Waals surface area contributed by atoms with E-state index >= 15 is 0 Å². The highest BCUT2D eigenvalue weighted by atomic mass is 15.0. The fourth-order valence-corrected chi connectivity index (χ4v) is 17.5. The van der Waals surface area contributed by atoms with Crippen LogP contribution < -0.4 is 0 Å². The summed E-state index contributed by atoms with van der Waals surface area (Å²) in [6, 6.07) is 83.5. The van der Waals surface area contributed by atoms with Crippen molar-refractivity contribution in [3.8, 4) is 33.9 Å². The summed E-state index contributed by atoms with van der Waals surface area (Å²) in [5.74, 6) is 2.73. The molecule has 14 rings (SSSR count). The Labute approximate surface area is 495 Å². The van der Waals surface area contributed by atoms with Crippen LogP contribution >= 0.6 is 0 Å². The molecule has 0 spiro atoms. The average Bonchev–Trinajstić information content (AvgIpc) is 1.81. The standard InChI is InChI=1S/C80H78N4/c1-49(2)79(50(3)4,51(5)6)57-37-39-77-69(45-57)67-29-17-23-35-75(67)83(77)61-43-55(41-59(47-61)81-71-31-19-13-25-63(71)64-26-14-20-32-72(64)81)56-42-60(82-73-33-21-15-27-65(73)66-28-16-22-34-74(66)82)48-62(44-56)84-76-36-24-18-30-68(76)70-46-58(38-40-78(70)84)80(52(7)8,53(9)10)54(11)12/h13-54H,1-12H3. The summed E-state index contributed by atoms with van der Waals surface area (Å²) >= 11 is 0. The SMILES string of the molecule is CC(C)C(c1ccc2c(c1)c1ccccc1n2-c1cc(-c2cc(-n3c4ccccc4c4ccccc43)cc(-n3c4ccccc4c4cc(C(C(C)C)(C(C)C)C(C)C)ccc43)c2)cc(-n2c3ccccc3c3ccccc32)c1)(C(C)C)C(C)C. The molecule has 84 heavy (non-hydrogen) atoms. The van der Waals surface area contributed by atoms with Gasteiger partial charge in [-0.1, -0.05) is 204 Å². The van der Waals surface area contributed by atoms with Crippen molar-refractivity contribution in [1.29, 1.82) is 0 Å². The zero-order chi connectivity index (χ0) is 58.1. The number of nitrogens with zero attached hydrogens (tertiary/aromatic N) is 4. The molecule has 4 heterocycles. The largest absolute Gasteiger partial charge is 0.309 e. The molecule has 0 fully saturated rings. The zero-order valence-electron chi connectivity index (χ0n) is 51.0. The second-order valence-electron chi connectivity index (χ2n) is 26.2. The lowest BCUT2D eigenvalue weighted by molar-refractivity contribution is 0.148. The maximum atomic E-state index is 2.55. The van der Waals surface area contributed by atoms with Crippen molar-refractivity contribution >= 4 is 87.2 Å². The van der Waals surface area contributed by atoms with E-state index in [1.54, 1.807) is 0 Å². The lowest BCUT2D eigenvalue weighted by Gasteiger charge is -2.46. The van der Waals surface area contributed by atoms with Crippen molar-refractivity contribution in [1.82, 2.24) is 18.3 Å². The molecule has 10 aromatic carbocycles. The molecule has 0 radical (unpaired) electrons. The summed E-state index contributed by atoms with van der Waals surface area (Å²) in [6.07, 6.45) is 0. The van der Waals surface area contributed by atoms with Crippen LogP contribution in [0.2, 0.25) is 0 Å². The van der Waals surface area contributed by atoms with E-state index in [2.05, 4.69) is 320 Å². The second kappa shape index (κ2) is 20.0. The summed E-state index contributed by atoms with van der Waals surface area (Å²) in [5, 5.41) is 10.1. The highest BCUT2D eigenvalue weighted by Crippen LogP contribution is 2.50. The fraction of sp³-hybridized carbons (Fsp3) is 0.250. The third kappa shape index (κ3) is 7.71. The Morgan fingerprint density at radius 3 is 0.643 bits per heavy atom. The van der Waals surface area contributed by atoms with E-state index in [1.807, 2.05) is 0 Å². The maximum Gasteiger partial charge on any atom is 0.0541 e. The first-order chi connectivity index (χ1) is 40.6. The first kappa shape index (κ1) is 53.4. The fourth-order valence-electron chi connectivity index (χ4n) is 17.5. The Hall–Kier alpha value is -8.60. The van der Waals surface area contributed by atoms with Gasteiger partial charge < -0.3 is 18.3 Å². The highest BCUT2D eigenvalue weighted by Gasteiger charge is 2.43. The molecule has 0 aliphatic carbocycles. The van der Waals surface area contributed by atoms with E-state index in [0.29, 0.717) is 35.5 Å². The van der Waals surface area contributed by atoms with Gasteiger partial charge in [-0.15, -0.1) is 0 Å². The third-order valence-electron chi connectivity index (χ3n) is 20.4. The van der Waals surface area contributed by atoms with E-state index < -0.39 is 0 Å². The van der Waals surface area contributed by atoms with Crippen LogP contribution in [0.15, 0.2) is 218 Å². The Balaban J connectivity index is 1.10. The Bertz CT molecular complexity index is 4420. The molecule has 0 atom stereocenters. The van der Waals surface area contributed by atoms with E-state index in [0.717, 1.165) is 33.9 Å². The van der Waals surface area contributed by atoms with Gasteiger partial charge in [-0.3, -0.25) is 0 Å². The molecule has 14 aromatic rings. The molecule has 4 nitrogen and oxygen atoms in total. The molecule has 0 N–H and O–H groups in total. The Morgan fingerprint density at radius 1 is 0.214 bits per heavy atom. The van der Waals surface area contributed by atoms with Gasteiger partial charge in [0.15, 0.2) is 0 Å². The van der Waals surface area contributed by atoms with Crippen LogP contribution in [0.4, 0.5) is 0 Å². The molecule has 418 valence electrons. The van der Waals surface area contributed by atoms with Crippen LogP contribution in [0.5, 0.6) is 0 Å². The topological polar surface area (TPSA) is 19.7 Å². The third-order valence-corrected chi connectivity index (χ3v) is 20.4. The molecular weight excluding hydrogens is 1020 g/mol. The second-order valence-corrected chi connectivity index (χ2v) is 26.2. The normalized spacial score (nSPS) is 12.9. The van der Waals surface area contributed by atoms with Crippen LogP contribution in [0.1, 0.15) is 94.2 Å². The van der Waals surface area contributed by atoms with Gasteiger partial charge in [-0.05, 0) is 155 Å². The molecule has 4 heteroatoms. The van der Waals surface area contributed by atoms with Crippen molar-refractivity contribution < 1.29 is 0 Å². The average molecular weight is 1100 g/mol. The number of fused-ring (bicyclic) bond motifs is 12. The monoisotopic (exact) mass is 1090 g/mol. The number of aromatic nitrogens is 4. The minimum Gasteiger partial charge on any atom is -0.309 e. The molecule has 0 aliphatic rings. The summed E-state index contributed by atoms with van der Waals surface area (Å²) < 4.78 is 10.1. The molecule has 0 unspecified atom stereocenters. The Morgan fingerprint density at radius 2 is 0.417 bits per heavy atom. The number of rotatable bonds is 13. The van der Waals surface area contributed by atoms with Crippen LogP contribution in [-0.4, -0.2) is 18.3 Å². The molecule has 0 bridgehead atoms. The molecule has 0 saturated carbocycles. The number of hydrogen-bond donors (Lipinski definition) is 0. The van der Waals surface area contributed by atoms with Gasteiger partial charge in [0, 0.05) is 76.7 Å². The van der Waals surface area contributed by atoms with Gasteiger partial charge in [0.05, 0.1) is 44.1 Å². The van der Waals surface area contributed by atoms with Crippen LogP contribution in [0.3, 0.4) is 0 Å². The first-order valence-corrected chi connectivity index (χ1v) is 31.0. The smallest absolute Gasteiger partial charge is 0.0541 e. The zero-order valence-corrected chi connectivity index (χ0v) is 51.0. The minimum atomic E-state index is -0.000395. The van der Waals surface area contributed by atoms with Crippen LogP contribution in [0.25, 0.3) is 121 Å². The van der Waals surface area contributed by atoms with Gasteiger partial charge in [0.25, 0.3) is 0 Å². The van der Waals surface area contributed by atoms with Crippen molar-refractivity contribution in [3.05, 3.63) is 230 Å². The molecule has 4 aromatic heterocycles. The maximum absolute atomic E-state index is 2.55. The summed E-state index contributed by atoms with van der Waals surface area (Å²) in [7, 11) is 0. The molecule has 0 amide bonds. The molecule has 0 aliphatic heterocycles. The first-order valence-electron chi connectivity index (χ1n) is 31.0. The van der Waals surface area contributed by atoms with Crippen molar-refractivity contribution in [2.24, 2.45) is 35.5 Å². The van der Waals surface area contributed by atoms with Gasteiger partial charge in [0.2, 0.25) is 0 Å². The number of benzene rings is 10. The highest BCUT2D eigenvalue weighted by molar-refractivity contribution is 6.13. The predicted molar refractivity (Wildman–Crippen MR) is 362 cm³/mol. The number of hydrogen-bond acceptors (Lipinski definition) is 0. The van der Waals surface area contributed by atoms with Crippen molar-refractivity contribution in [3.63, 3.8) is 0 Å². The Kier molecular flexibility index (Phi) is 12.7. The van der Waals surface area contributed by atoms with E-state index in [4.69, 9.17) is 0 Å². The lowest BCUT2D eigenvalue weighted by atomic mass is 9.58. The van der Waals surface area contributed by atoms with Crippen molar-refractivity contribution in [2.75, 3.05) is 0 Å². The predicted octanol–water partition coefficient (Wildman–Crippen LogP) is 22.2. The molecular formula is C80H78N4. The summed E-state index contributed by atoms with van der Waals surface area (Å²) in [4.78, 5) is 0. The summed E-state index contributed by atoms with van der Waals surface area (Å²) in [6.45, 7) is 29.1.